The third kappa shape index (κ3) is 2.31. The summed E-state index contributed by atoms with van der Waals surface area (Å²) in [5, 5.41) is 0. The first-order chi connectivity index (χ1) is 9.16. The lowest BCUT2D eigenvalue weighted by molar-refractivity contribution is 0.170. The summed E-state index contributed by atoms with van der Waals surface area (Å²) in [5.41, 5.74) is 7.80. The molecule has 2 saturated carbocycles. The van der Waals surface area contributed by atoms with Gasteiger partial charge in [0.1, 0.15) is 5.75 Å². The monoisotopic (exact) mass is 323 g/mol. The molecule has 2 nitrogen and oxygen atoms in total. The van der Waals surface area contributed by atoms with Crippen molar-refractivity contribution in [3.05, 3.63) is 28.2 Å². The van der Waals surface area contributed by atoms with Crippen molar-refractivity contribution >= 4 is 15.9 Å². The molecule has 0 radical (unpaired) electrons. The molecule has 2 bridgehead atoms. The van der Waals surface area contributed by atoms with E-state index in [9.17, 15) is 0 Å². The van der Waals surface area contributed by atoms with Gasteiger partial charge in [0.2, 0.25) is 0 Å². The Balaban J connectivity index is 1.89. The number of hydrogen-bond acceptors (Lipinski definition) is 2. The number of ether oxygens (including phenoxy) is 1. The molecule has 3 unspecified atom stereocenters. The maximum absolute atomic E-state index is 6.18. The van der Waals surface area contributed by atoms with E-state index in [1.54, 1.807) is 7.11 Å². The number of halogens is 1. The van der Waals surface area contributed by atoms with Gasteiger partial charge in [-0.05, 0) is 73.2 Å². The molecule has 0 aromatic heterocycles. The predicted octanol–water partition coefficient (Wildman–Crippen LogP) is 3.77. The summed E-state index contributed by atoms with van der Waals surface area (Å²) < 4.78 is 6.64. The Kier molecular flexibility index (Phi) is 3.61. The van der Waals surface area contributed by atoms with E-state index < -0.39 is 0 Å². The van der Waals surface area contributed by atoms with Gasteiger partial charge in [-0.25, -0.2) is 0 Å². The summed E-state index contributed by atoms with van der Waals surface area (Å²) in [6.07, 6.45) is 6.56. The molecule has 0 saturated heterocycles. The Bertz CT molecular complexity index is 476. The number of rotatable bonds is 4. The minimum Gasteiger partial charge on any atom is -0.496 e. The summed E-state index contributed by atoms with van der Waals surface area (Å²) in [6, 6.07) is 6.29. The second-order valence-electron chi connectivity index (χ2n) is 6.28. The summed E-state index contributed by atoms with van der Waals surface area (Å²) in [5.74, 6) is 2.75. The zero-order valence-corrected chi connectivity index (χ0v) is 13.1. The van der Waals surface area contributed by atoms with Crippen LogP contribution in [0.4, 0.5) is 0 Å². The van der Waals surface area contributed by atoms with Gasteiger partial charge in [0, 0.05) is 4.47 Å². The number of hydrogen-bond donors (Lipinski definition) is 1. The first-order valence-corrected chi connectivity index (χ1v) is 7.98. The zero-order valence-electron chi connectivity index (χ0n) is 11.5. The van der Waals surface area contributed by atoms with Crippen LogP contribution in [0.2, 0.25) is 0 Å². The Morgan fingerprint density at radius 2 is 2.26 bits per heavy atom. The molecule has 0 heterocycles. The number of benzene rings is 1. The van der Waals surface area contributed by atoms with E-state index >= 15 is 0 Å². The van der Waals surface area contributed by atoms with Gasteiger partial charge in [-0.2, -0.15) is 0 Å². The first kappa shape index (κ1) is 13.4. The minimum atomic E-state index is 0.316. The normalized spacial score (nSPS) is 32.8. The topological polar surface area (TPSA) is 35.2 Å². The van der Waals surface area contributed by atoms with Gasteiger partial charge in [-0.3, -0.25) is 0 Å². The van der Waals surface area contributed by atoms with E-state index in [-0.39, 0.29) is 0 Å². The van der Waals surface area contributed by atoms with Crippen molar-refractivity contribution in [1.29, 1.82) is 0 Å². The van der Waals surface area contributed by atoms with Crippen molar-refractivity contribution < 1.29 is 4.74 Å². The van der Waals surface area contributed by atoms with E-state index in [1.807, 2.05) is 6.07 Å². The highest BCUT2D eigenvalue weighted by molar-refractivity contribution is 9.10. The lowest BCUT2D eigenvalue weighted by Crippen LogP contribution is -2.38. The van der Waals surface area contributed by atoms with E-state index in [4.69, 9.17) is 10.5 Å². The summed E-state index contributed by atoms with van der Waals surface area (Å²) in [7, 11) is 1.75. The molecule has 3 atom stereocenters. The third-order valence-corrected chi connectivity index (χ3v) is 5.79. The van der Waals surface area contributed by atoms with Gasteiger partial charge in [-0.1, -0.05) is 22.4 Å². The second kappa shape index (κ2) is 5.10. The summed E-state index contributed by atoms with van der Waals surface area (Å²) >= 11 is 3.57. The van der Waals surface area contributed by atoms with Crippen LogP contribution in [0.5, 0.6) is 5.75 Å². The summed E-state index contributed by atoms with van der Waals surface area (Å²) in [6.45, 7) is 0.809. The quantitative estimate of drug-likeness (QED) is 0.915. The molecule has 104 valence electrons. The van der Waals surface area contributed by atoms with Gasteiger partial charge >= 0.3 is 0 Å². The van der Waals surface area contributed by atoms with Crippen molar-refractivity contribution in [2.75, 3.05) is 13.7 Å². The van der Waals surface area contributed by atoms with Crippen molar-refractivity contribution in [3.8, 4) is 5.75 Å². The molecule has 2 aliphatic carbocycles. The fourth-order valence-electron chi connectivity index (χ4n) is 4.36. The molecule has 1 aromatic rings. The number of methoxy groups -OCH3 is 1. The lowest BCUT2D eigenvalue weighted by atomic mass is 9.69. The van der Waals surface area contributed by atoms with Crippen LogP contribution in [0.25, 0.3) is 0 Å². The molecule has 3 heteroatoms. The SMILES string of the molecule is COc1ccc(Br)cc1CC1(CN)CC2CCC1C2. The number of nitrogens with two attached hydrogens (primary N) is 1. The molecule has 0 spiro atoms. The van der Waals surface area contributed by atoms with Crippen LogP contribution in [0.1, 0.15) is 31.2 Å². The van der Waals surface area contributed by atoms with Gasteiger partial charge < -0.3 is 10.5 Å². The van der Waals surface area contributed by atoms with Crippen molar-refractivity contribution in [2.24, 2.45) is 23.0 Å². The second-order valence-corrected chi connectivity index (χ2v) is 7.20. The molecular formula is C16H22BrNO. The maximum atomic E-state index is 6.18. The van der Waals surface area contributed by atoms with Crippen molar-refractivity contribution in [1.82, 2.24) is 0 Å². The molecule has 2 N–H and O–H groups in total. The average Bonchev–Trinajstić information content (AvgIpc) is 3.00. The molecular weight excluding hydrogens is 302 g/mol. The van der Waals surface area contributed by atoms with Crippen LogP contribution in [0, 0.1) is 17.3 Å². The van der Waals surface area contributed by atoms with Gasteiger partial charge in [-0.15, -0.1) is 0 Å². The minimum absolute atomic E-state index is 0.316. The Morgan fingerprint density at radius 3 is 2.84 bits per heavy atom. The Morgan fingerprint density at radius 1 is 1.42 bits per heavy atom. The van der Waals surface area contributed by atoms with Gasteiger partial charge in [0.05, 0.1) is 7.11 Å². The first-order valence-electron chi connectivity index (χ1n) is 7.19. The fraction of sp³-hybridized carbons (Fsp3) is 0.625. The average molecular weight is 324 g/mol. The summed E-state index contributed by atoms with van der Waals surface area (Å²) in [4.78, 5) is 0. The van der Waals surface area contributed by atoms with E-state index in [1.165, 1.54) is 31.2 Å². The van der Waals surface area contributed by atoms with Crippen LogP contribution in [-0.2, 0) is 6.42 Å². The predicted molar refractivity (Wildman–Crippen MR) is 81.3 cm³/mol. The van der Waals surface area contributed by atoms with E-state index in [0.29, 0.717) is 5.41 Å². The molecule has 0 aliphatic heterocycles. The lowest BCUT2D eigenvalue weighted by Gasteiger charge is -2.37. The van der Waals surface area contributed by atoms with Gasteiger partial charge in [0.15, 0.2) is 0 Å². The Labute approximate surface area is 123 Å². The molecule has 1 aromatic carbocycles. The highest BCUT2D eigenvalue weighted by atomic mass is 79.9. The van der Waals surface area contributed by atoms with Crippen molar-refractivity contribution in [2.45, 2.75) is 32.1 Å². The fourth-order valence-corrected chi connectivity index (χ4v) is 4.77. The zero-order chi connectivity index (χ0) is 13.5. The molecule has 19 heavy (non-hydrogen) atoms. The number of fused-ring (bicyclic) bond motifs is 2. The van der Waals surface area contributed by atoms with Crippen LogP contribution < -0.4 is 10.5 Å². The van der Waals surface area contributed by atoms with Crippen LogP contribution in [-0.4, -0.2) is 13.7 Å². The van der Waals surface area contributed by atoms with E-state index in [2.05, 4.69) is 28.1 Å². The largest absolute Gasteiger partial charge is 0.496 e. The van der Waals surface area contributed by atoms with Crippen LogP contribution in [0.15, 0.2) is 22.7 Å². The standard InChI is InChI=1S/C16H22BrNO/c1-19-15-5-4-14(17)7-12(15)9-16(10-18)8-11-2-3-13(16)6-11/h4-5,7,11,13H,2-3,6,8-10,18H2,1H3. The molecule has 0 amide bonds. The maximum Gasteiger partial charge on any atom is 0.122 e. The molecule has 3 rings (SSSR count). The third-order valence-electron chi connectivity index (χ3n) is 5.29. The molecule has 2 fully saturated rings. The Hall–Kier alpha value is -0.540. The molecule has 2 aliphatic rings. The van der Waals surface area contributed by atoms with Crippen LogP contribution >= 0.6 is 15.9 Å². The highest BCUT2D eigenvalue weighted by Gasteiger charge is 2.50. The van der Waals surface area contributed by atoms with E-state index in [0.717, 1.165) is 35.0 Å². The van der Waals surface area contributed by atoms with Crippen molar-refractivity contribution in [3.63, 3.8) is 0 Å². The smallest absolute Gasteiger partial charge is 0.122 e. The van der Waals surface area contributed by atoms with Gasteiger partial charge in [0.25, 0.3) is 0 Å². The van der Waals surface area contributed by atoms with Crippen LogP contribution in [0.3, 0.4) is 0 Å². The highest BCUT2D eigenvalue weighted by Crippen LogP contribution is 2.57.